The number of pyridine rings is 1. The summed E-state index contributed by atoms with van der Waals surface area (Å²) >= 11 is 0. The number of aromatic nitrogens is 1. The first kappa shape index (κ1) is 14.5. The largest absolute Gasteiger partial charge is 1.00 e. The van der Waals surface area contributed by atoms with Crippen molar-refractivity contribution in [1.82, 2.24) is 0 Å². The summed E-state index contributed by atoms with van der Waals surface area (Å²) in [6.45, 7) is 0.668. The Balaban J connectivity index is 0.00000162. The molecule has 1 aromatic heterocycles. The van der Waals surface area contributed by atoms with Crippen molar-refractivity contribution >= 4 is 5.69 Å². The van der Waals surface area contributed by atoms with E-state index in [2.05, 4.69) is 12.1 Å². The second kappa shape index (κ2) is 6.97. The van der Waals surface area contributed by atoms with Crippen LogP contribution < -0.4 is 22.7 Å². The second-order valence-electron chi connectivity index (χ2n) is 4.07. The van der Waals surface area contributed by atoms with E-state index in [1.54, 1.807) is 16.8 Å². The number of nitrogens with zero attached hydrogens (tertiary/aromatic N) is 1. The van der Waals surface area contributed by atoms with Gasteiger partial charge in [0.05, 0.1) is 6.07 Å². The first-order valence-corrected chi connectivity index (χ1v) is 5.74. The van der Waals surface area contributed by atoms with E-state index in [4.69, 9.17) is 5.73 Å². The van der Waals surface area contributed by atoms with Gasteiger partial charge in [-0.25, -0.2) is 0 Å². The van der Waals surface area contributed by atoms with Crippen LogP contribution >= 0.6 is 0 Å². The smallest absolute Gasteiger partial charge is 0.361 e. The zero-order valence-electron chi connectivity index (χ0n) is 10.0. The molecule has 96 valence electrons. The maximum absolute atomic E-state index is 13.5. The SMILES string of the molecule is Nc1cc[n+](CCCc2ccccc2)c(F)c1.[Cl-]. The monoisotopic (exact) mass is 266 g/mol. The molecule has 0 saturated heterocycles. The first-order chi connectivity index (χ1) is 8.25. The summed E-state index contributed by atoms with van der Waals surface area (Å²) in [6.07, 6.45) is 3.56. The summed E-state index contributed by atoms with van der Waals surface area (Å²) in [5.41, 5.74) is 7.24. The predicted octanol–water partition coefficient (Wildman–Crippen LogP) is -0.668. The summed E-state index contributed by atoms with van der Waals surface area (Å²) in [7, 11) is 0. The third-order valence-corrected chi connectivity index (χ3v) is 2.71. The number of aryl methyl sites for hydroxylation is 2. The Morgan fingerprint density at radius 3 is 2.50 bits per heavy atom. The van der Waals surface area contributed by atoms with Gasteiger partial charge in [-0.15, -0.1) is 4.39 Å². The van der Waals surface area contributed by atoms with E-state index in [9.17, 15) is 4.39 Å². The molecule has 0 bridgehead atoms. The molecule has 18 heavy (non-hydrogen) atoms. The number of nitrogens with two attached hydrogens (primary N) is 1. The van der Waals surface area contributed by atoms with Crippen LogP contribution in [0.5, 0.6) is 0 Å². The molecule has 0 amide bonds. The van der Waals surface area contributed by atoms with E-state index in [1.807, 2.05) is 18.2 Å². The number of anilines is 1. The van der Waals surface area contributed by atoms with Crippen LogP contribution in [-0.2, 0) is 13.0 Å². The molecule has 0 aliphatic rings. The van der Waals surface area contributed by atoms with E-state index in [0.29, 0.717) is 12.2 Å². The van der Waals surface area contributed by atoms with Crippen LogP contribution in [0.2, 0.25) is 0 Å². The predicted molar refractivity (Wildman–Crippen MR) is 65.8 cm³/mol. The summed E-state index contributed by atoms with van der Waals surface area (Å²) in [5, 5.41) is 0. The van der Waals surface area contributed by atoms with E-state index < -0.39 is 0 Å². The van der Waals surface area contributed by atoms with Crippen LogP contribution in [0, 0.1) is 5.95 Å². The third kappa shape index (κ3) is 4.00. The molecule has 4 heteroatoms. The van der Waals surface area contributed by atoms with Gasteiger partial charge in [-0.05, 0) is 12.0 Å². The Labute approximate surface area is 113 Å². The van der Waals surface area contributed by atoms with E-state index in [0.717, 1.165) is 12.8 Å². The molecule has 0 spiro atoms. The van der Waals surface area contributed by atoms with Crippen LogP contribution in [0.25, 0.3) is 0 Å². The molecule has 2 aromatic rings. The number of halogens is 2. The molecular weight excluding hydrogens is 251 g/mol. The van der Waals surface area contributed by atoms with Crippen molar-refractivity contribution in [1.29, 1.82) is 0 Å². The lowest BCUT2D eigenvalue weighted by Crippen LogP contribution is -3.00. The molecule has 1 aromatic carbocycles. The minimum Gasteiger partial charge on any atom is -1.00 e. The van der Waals surface area contributed by atoms with Gasteiger partial charge in [0.15, 0.2) is 12.7 Å². The van der Waals surface area contributed by atoms with Crippen molar-refractivity contribution < 1.29 is 21.4 Å². The van der Waals surface area contributed by atoms with Crippen LogP contribution in [0.4, 0.5) is 10.1 Å². The van der Waals surface area contributed by atoms with Crippen molar-refractivity contribution in [2.75, 3.05) is 5.73 Å². The topological polar surface area (TPSA) is 29.9 Å². The Bertz CT molecular complexity index is 488. The van der Waals surface area contributed by atoms with Crippen molar-refractivity contribution in [3.63, 3.8) is 0 Å². The van der Waals surface area contributed by atoms with Crippen LogP contribution in [0.15, 0.2) is 48.7 Å². The highest BCUT2D eigenvalue weighted by Gasteiger charge is 2.09. The van der Waals surface area contributed by atoms with Crippen molar-refractivity contribution in [3.8, 4) is 0 Å². The number of rotatable bonds is 4. The lowest BCUT2D eigenvalue weighted by atomic mass is 10.1. The molecule has 0 fully saturated rings. The Morgan fingerprint density at radius 1 is 1.11 bits per heavy atom. The van der Waals surface area contributed by atoms with Crippen LogP contribution in [0.3, 0.4) is 0 Å². The molecular formula is C14H16ClFN2. The maximum atomic E-state index is 13.5. The summed E-state index contributed by atoms with van der Waals surface area (Å²) in [4.78, 5) is 0. The Morgan fingerprint density at radius 2 is 1.83 bits per heavy atom. The molecule has 2 nitrogen and oxygen atoms in total. The molecule has 0 saturated carbocycles. The van der Waals surface area contributed by atoms with Gasteiger partial charge in [0.1, 0.15) is 0 Å². The van der Waals surface area contributed by atoms with Gasteiger partial charge in [0, 0.05) is 18.2 Å². The highest BCUT2D eigenvalue weighted by molar-refractivity contribution is 5.32. The Kier molecular flexibility index (Phi) is 5.59. The zero-order valence-corrected chi connectivity index (χ0v) is 10.8. The van der Waals surface area contributed by atoms with Crippen LogP contribution in [-0.4, -0.2) is 0 Å². The fourth-order valence-electron chi connectivity index (χ4n) is 1.80. The molecule has 0 aliphatic heterocycles. The molecule has 2 N–H and O–H groups in total. The van der Waals surface area contributed by atoms with Crippen molar-refractivity contribution in [2.24, 2.45) is 0 Å². The molecule has 0 aliphatic carbocycles. The maximum Gasteiger partial charge on any atom is 0.361 e. The van der Waals surface area contributed by atoms with Crippen molar-refractivity contribution in [2.45, 2.75) is 19.4 Å². The summed E-state index contributed by atoms with van der Waals surface area (Å²) in [6, 6.07) is 13.3. The number of benzene rings is 1. The number of nitrogen functional groups attached to an aromatic ring is 1. The van der Waals surface area contributed by atoms with Gasteiger partial charge >= 0.3 is 5.95 Å². The van der Waals surface area contributed by atoms with Gasteiger partial charge in [0.2, 0.25) is 0 Å². The molecule has 0 atom stereocenters. The highest BCUT2D eigenvalue weighted by Crippen LogP contribution is 2.03. The van der Waals surface area contributed by atoms with Gasteiger partial charge in [-0.1, -0.05) is 30.3 Å². The fourth-order valence-corrected chi connectivity index (χ4v) is 1.80. The molecule has 2 rings (SSSR count). The zero-order chi connectivity index (χ0) is 12.1. The fraction of sp³-hybridized carbons (Fsp3) is 0.214. The Hall–Kier alpha value is -1.61. The average Bonchev–Trinajstić information content (AvgIpc) is 2.33. The average molecular weight is 267 g/mol. The highest BCUT2D eigenvalue weighted by atomic mass is 35.5. The lowest BCUT2D eigenvalue weighted by molar-refractivity contribution is -0.724. The summed E-state index contributed by atoms with van der Waals surface area (Å²) in [5.74, 6) is -0.280. The first-order valence-electron chi connectivity index (χ1n) is 5.74. The van der Waals surface area contributed by atoms with Crippen LogP contribution in [0.1, 0.15) is 12.0 Å². The van der Waals surface area contributed by atoms with Gasteiger partial charge in [-0.3, -0.25) is 0 Å². The van der Waals surface area contributed by atoms with E-state index in [1.165, 1.54) is 11.6 Å². The normalized spacial score (nSPS) is 9.83. The lowest BCUT2D eigenvalue weighted by Gasteiger charge is -2.00. The minimum atomic E-state index is -0.280. The van der Waals surface area contributed by atoms with E-state index in [-0.39, 0.29) is 18.4 Å². The van der Waals surface area contributed by atoms with E-state index >= 15 is 0 Å². The quantitative estimate of drug-likeness (QED) is 0.578. The molecule has 0 unspecified atom stereocenters. The minimum absolute atomic E-state index is 0. The molecule has 0 radical (unpaired) electrons. The van der Waals surface area contributed by atoms with Gasteiger partial charge in [0.25, 0.3) is 0 Å². The standard InChI is InChI=1S/C14H15FN2.ClH/c15-14-11-13(16)8-10-17(14)9-4-7-12-5-2-1-3-6-12;/h1-3,5-6,8,10-11,16H,4,7,9H2;1H. The second-order valence-corrected chi connectivity index (χ2v) is 4.07. The van der Waals surface area contributed by atoms with Gasteiger partial charge < -0.3 is 18.1 Å². The summed E-state index contributed by atoms with van der Waals surface area (Å²) < 4.78 is 15.0. The number of hydrogen-bond acceptors (Lipinski definition) is 1. The number of hydrogen-bond donors (Lipinski definition) is 1. The third-order valence-electron chi connectivity index (χ3n) is 2.71. The van der Waals surface area contributed by atoms with Crippen molar-refractivity contribution in [3.05, 3.63) is 60.2 Å². The van der Waals surface area contributed by atoms with Gasteiger partial charge in [-0.2, -0.15) is 4.57 Å². The molecule has 1 heterocycles.